The van der Waals surface area contributed by atoms with Gasteiger partial charge in [0.15, 0.2) is 0 Å². The number of amides is 1. The molecule has 11 heavy (non-hydrogen) atoms. The summed E-state index contributed by atoms with van der Waals surface area (Å²) in [6, 6.07) is 0. The predicted molar refractivity (Wildman–Crippen MR) is 39.7 cm³/mol. The Morgan fingerprint density at radius 2 is 1.45 bits per heavy atom. The number of nitrogens with two attached hydrogens (primary N) is 1. The number of carboxylic acids is 1. The van der Waals surface area contributed by atoms with E-state index in [1.165, 1.54) is 6.92 Å². The van der Waals surface area contributed by atoms with Gasteiger partial charge in [-0.15, -0.1) is 0 Å². The summed E-state index contributed by atoms with van der Waals surface area (Å²) >= 11 is 0. The molecule has 0 aromatic carbocycles. The lowest BCUT2D eigenvalue weighted by molar-refractivity contribution is -0.132. The maximum Gasteiger partial charge on any atom is 0.402 e. The van der Waals surface area contributed by atoms with Crippen molar-refractivity contribution < 1.29 is 19.8 Å². The summed E-state index contributed by atoms with van der Waals surface area (Å²) in [4.78, 5) is 18.4. The maximum atomic E-state index is 9.60. The third-order valence-corrected chi connectivity index (χ3v) is 0.365. The van der Waals surface area contributed by atoms with Gasteiger partial charge in [-0.1, -0.05) is 6.58 Å². The molecule has 7 N–H and O–H groups in total. The minimum absolute atomic E-state index is 0. The zero-order chi connectivity index (χ0) is 8.73. The van der Waals surface area contributed by atoms with Crippen LogP contribution in [0.4, 0.5) is 4.79 Å². The molecule has 0 bridgehead atoms. The molecule has 0 unspecified atom stereocenters. The fraction of sp³-hybridized carbons (Fsp3) is 0.200. The van der Waals surface area contributed by atoms with Gasteiger partial charge in [-0.05, 0) is 6.92 Å². The topological polar surface area (TPSA) is 136 Å². The lowest BCUT2D eigenvalue weighted by Gasteiger charge is -1.79. The van der Waals surface area contributed by atoms with Crippen molar-refractivity contribution in [1.29, 1.82) is 0 Å². The van der Waals surface area contributed by atoms with Gasteiger partial charge in [-0.25, -0.2) is 9.59 Å². The van der Waals surface area contributed by atoms with E-state index in [1.807, 2.05) is 0 Å². The summed E-state index contributed by atoms with van der Waals surface area (Å²) in [5, 5.41) is 15.1. The average Bonchev–Trinajstić information content (AvgIpc) is 1.63. The standard InChI is InChI=1S/C4H6O2.CH3NO2.H3N/c1-3(2)4(5)6;2-1(3)4;/h1H2,2H3,(H,5,6);2H2,(H,3,4);1H3. The van der Waals surface area contributed by atoms with Gasteiger partial charge in [-0.3, -0.25) is 0 Å². The van der Waals surface area contributed by atoms with Crippen LogP contribution in [-0.2, 0) is 4.79 Å². The first-order chi connectivity index (χ1) is 4.37. The molecule has 0 saturated carbocycles. The molecule has 0 fully saturated rings. The van der Waals surface area contributed by atoms with Gasteiger partial charge >= 0.3 is 12.1 Å². The van der Waals surface area contributed by atoms with Gasteiger partial charge in [0.1, 0.15) is 0 Å². The monoisotopic (exact) mass is 164 g/mol. The van der Waals surface area contributed by atoms with Crippen LogP contribution < -0.4 is 11.9 Å². The molecule has 0 radical (unpaired) electrons. The lowest BCUT2D eigenvalue weighted by Crippen LogP contribution is -2.03. The number of hydrogen-bond donors (Lipinski definition) is 4. The summed E-state index contributed by atoms with van der Waals surface area (Å²) in [6.45, 7) is 4.60. The van der Waals surface area contributed by atoms with E-state index in [0.29, 0.717) is 0 Å². The van der Waals surface area contributed by atoms with E-state index in [2.05, 4.69) is 12.3 Å². The lowest BCUT2D eigenvalue weighted by atomic mass is 10.4. The first-order valence-electron chi connectivity index (χ1n) is 2.25. The predicted octanol–water partition coefficient (Wildman–Crippen LogP) is 0.432. The number of carbonyl (C=O) groups is 2. The second-order valence-corrected chi connectivity index (χ2v) is 1.42. The minimum atomic E-state index is -1.33. The number of aliphatic carboxylic acids is 1. The molecule has 66 valence electrons. The Bertz CT molecular complexity index is 139. The number of rotatable bonds is 1. The van der Waals surface area contributed by atoms with E-state index in [4.69, 9.17) is 15.0 Å². The highest BCUT2D eigenvalue weighted by atomic mass is 16.4. The first kappa shape index (κ1) is 16.2. The average molecular weight is 164 g/mol. The fourth-order valence-electron chi connectivity index (χ4n) is 0. The SMILES string of the molecule is C=C(C)C(=O)O.N.NC(=O)O. The normalized spacial score (nSPS) is 6.27. The maximum absolute atomic E-state index is 9.60. The van der Waals surface area contributed by atoms with Crippen LogP contribution >= 0.6 is 0 Å². The molecule has 0 heterocycles. The Morgan fingerprint density at radius 3 is 1.45 bits per heavy atom. The minimum Gasteiger partial charge on any atom is -0.478 e. The second kappa shape index (κ2) is 8.44. The van der Waals surface area contributed by atoms with Crippen molar-refractivity contribution in [3.63, 3.8) is 0 Å². The van der Waals surface area contributed by atoms with Gasteiger partial charge in [0, 0.05) is 5.57 Å². The Morgan fingerprint density at radius 1 is 1.36 bits per heavy atom. The Hall–Kier alpha value is -1.56. The zero-order valence-electron chi connectivity index (χ0n) is 6.20. The molecule has 0 spiro atoms. The molecule has 0 aliphatic rings. The van der Waals surface area contributed by atoms with Crippen molar-refractivity contribution in [3.05, 3.63) is 12.2 Å². The molecule has 0 atom stereocenters. The van der Waals surface area contributed by atoms with Crippen molar-refractivity contribution >= 4 is 12.1 Å². The van der Waals surface area contributed by atoms with Gasteiger partial charge in [0.25, 0.3) is 0 Å². The van der Waals surface area contributed by atoms with Gasteiger partial charge in [-0.2, -0.15) is 0 Å². The van der Waals surface area contributed by atoms with Crippen LogP contribution in [-0.4, -0.2) is 22.3 Å². The fourth-order valence-corrected chi connectivity index (χ4v) is 0. The summed E-state index contributed by atoms with van der Waals surface area (Å²) in [7, 11) is 0. The van der Waals surface area contributed by atoms with Crippen LogP contribution in [0.2, 0.25) is 0 Å². The van der Waals surface area contributed by atoms with Gasteiger partial charge in [0.2, 0.25) is 0 Å². The van der Waals surface area contributed by atoms with Crippen molar-refractivity contribution in [1.82, 2.24) is 6.15 Å². The molecule has 6 nitrogen and oxygen atoms in total. The molecule has 0 aromatic heterocycles. The quantitative estimate of drug-likeness (QED) is 0.416. The highest BCUT2D eigenvalue weighted by Gasteiger charge is 1.90. The van der Waals surface area contributed by atoms with Crippen molar-refractivity contribution in [2.24, 2.45) is 5.73 Å². The molecule has 0 saturated heterocycles. The van der Waals surface area contributed by atoms with Crippen LogP contribution in [0.1, 0.15) is 6.92 Å². The highest BCUT2D eigenvalue weighted by Crippen LogP contribution is 1.81. The van der Waals surface area contributed by atoms with Crippen LogP contribution in [0, 0.1) is 0 Å². The number of carboxylic acid groups (broad SMARTS) is 2. The Labute approximate surface area is 63.9 Å². The van der Waals surface area contributed by atoms with E-state index in [9.17, 15) is 4.79 Å². The molecule has 1 amide bonds. The van der Waals surface area contributed by atoms with Gasteiger partial charge in [0.05, 0.1) is 0 Å². The number of hydrogen-bond acceptors (Lipinski definition) is 3. The molecule has 6 heteroatoms. The molecule has 0 rings (SSSR count). The molecule has 0 aliphatic carbocycles. The third-order valence-electron chi connectivity index (χ3n) is 0.365. The molecular weight excluding hydrogens is 152 g/mol. The van der Waals surface area contributed by atoms with Crippen LogP contribution in [0.3, 0.4) is 0 Å². The van der Waals surface area contributed by atoms with Crippen molar-refractivity contribution in [3.8, 4) is 0 Å². The van der Waals surface area contributed by atoms with Crippen molar-refractivity contribution in [2.45, 2.75) is 6.92 Å². The van der Waals surface area contributed by atoms with E-state index in [0.717, 1.165) is 0 Å². The Kier molecular flexibility index (Phi) is 12.4. The van der Waals surface area contributed by atoms with Crippen LogP contribution in [0.15, 0.2) is 12.2 Å². The van der Waals surface area contributed by atoms with Gasteiger partial charge < -0.3 is 22.1 Å². The highest BCUT2D eigenvalue weighted by molar-refractivity contribution is 5.84. The first-order valence-corrected chi connectivity index (χ1v) is 2.25. The second-order valence-electron chi connectivity index (χ2n) is 1.42. The van der Waals surface area contributed by atoms with Crippen LogP contribution in [0.5, 0.6) is 0 Å². The van der Waals surface area contributed by atoms with E-state index >= 15 is 0 Å². The zero-order valence-corrected chi connectivity index (χ0v) is 6.20. The summed E-state index contributed by atoms with van der Waals surface area (Å²) in [5.41, 5.74) is 4.20. The van der Waals surface area contributed by atoms with Crippen molar-refractivity contribution in [2.75, 3.05) is 0 Å². The number of primary amides is 1. The Balaban J connectivity index is -0.000000114. The molecule has 0 aromatic rings. The third kappa shape index (κ3) is 58.8. The van der Waals surface area contributed by atoms with E-state index < -0.39 is 12.1 Å². The summed E-state index contributed by atoms with van der Waals surface area (Å²) in [6.07, 6.45) is -1.33. The largest absolute Gasteiger partial charge is 0.478 e. The summed E-state index contributed by atoms with van der Waals surface area (Å²) < 4.78 is 0. The van der Waals surface area contributed by atoms with Crippen LogP contribution in [0.25, 0.3) is 0 Å². The molecule has 0 aliphatic heterocycles. The molecular formula is C5H12N2O4. The smallest absolute Gasteiger partial charge is 0.402 e. The van der Waals surface area contributed by atoms with E-state index in [1.54, 1.807) is 0 Å². The summed E-state index contributed by atoms with van der Waals surface area (Å²) in [5.74, 6) is -0.935. The van der Waals surface area contributed by atoms with E-state index in [-0.39, 0.29) is 11.7 Å².